The molecule has 2 rings (SSSR count). The predicted molar refractivity (Wildman–Crippen MR) is 51.4 cm³/mol. The van der Waals surface area contributed by atoms with Crippen molar-refractivity contribution < 1.29 is 4.42 Å². The molecule has 0 atom stereocenters. The number of para-hydroxylation sites is 2. The van der Waals surface area contributed by atoms with Crippen molar-refractivity contribution in [3.8, 4) is 0 Å². The monoisotopic (exact) mass is 177 g/mol. The van der Waals surface area contributed by atoms with E-state index in [2.05, 4.69) is 6.58 Å². The van der Waals surface area contributed by atoms with E-state index >= 15 is 0 Å². The van der Waals surface area contributed by atoms with E-state index in [1.165, 1.54) is 0 Å². The second-order valence-electron chi connectivity index (χ2n) is 2.39. The van der Waals surface area contributed by atoms with Crippen molar-refractivity contribution >= 4 is 29.5 Å². The van der Waals surface area contributed by atoms with Crippen LogP contribution in [0.3, 0.4) is 0 Å². The molecule has 3 heteroatoms. The highest BCUT2D eigenvalue weighted by atomic mass is 32.1. The van der Waals surface area contributed by atoms with Gasteiger partial charge < -0.3 is 4.42 Å². The molecule has 0 aliphatic rings. The zero-order chi connectivity index (χ0) is 8.55. The van der Waals surface area contributed by atoms with Crippen LogP contribution in [-0.2, 0) is 0 Å². The van der Waals surface area contributed by atoms with Gasteiger partial charge in [0.15, 0.2) is 5.58 Å². The lowest BCUT2D eigenvalue weighted by Crippen LogP contribution is -1.82. The minimum atomic E-state index is 0.436. The van der Waals surface area contributed by atoms with Crippen LogP contribution in [0.1, 0.15) is 0 Å². The van der Waals surface area contributed by atoms with E-state index in [0.717, 1.165) is 11.1 Å². The molecule has 60 valence electrons. The third-order valence-electron chi connectivity index (χ3n) is 1.70. The Morgan fingerprint density at radius 1 is 1.42 bits per heavy atom. The van der Waals surface area contributed by atoms with Crippen molar-refractivity contribution in [2.45, 2.75) is 0 Å². The summed E-state index contributed by atoms with van der Waals surface area (Å²) < 4.78 is 7.04. The lowest BCUT2D eigenvalue weighted by molar-refractivity contribution is 0.574. The molecule has 0 radical (unpaired) electrons. The van der Waals surface area contributed by atoms with E-state index in [1.807, 2.05) is 24.3 Å². The van der Waals surface area contributed by atoms with Gasteiger partial charge in [-0.3, -0.25) is 4.57 Å². The van der Waals surface area contributed by atoms with E-state index in [-0.39, 0.29) is 0 Å². The van der Waals surface area contributed by atoms with E-state index in [1.54, 1.807) is 10.8 Å². The molecule has 0 spiro atoms. The minimum absolute atomic E-state index is 0.436. The van der Waals surface area contributed by atoms with Crippen molar-refractivity contribution in [1.29, 1.82) is 0 Å². The number of hydrogen-bond donors (Lipinski definition) is 0. The summed E-state index contributed by atoms with van der Waals surface area (Å²) in [6.07, 6.45) is 1.65. The summed E-state index contributed by atoms with van der Waals surface area (Å²) in [4.78, 5) is 0.436. The van der Waals surface area contributed by atoms with Gasteiger partial charge in [0.05, 0.1) is 5.52 Å². The fourth-order valence-electron chi connectivity index (χ4n) is 1.16. The highest BCUT2D eigenvalue weighted by Gasteiger charge is 2.00. The zero-order valence-electron chi connectivity index (χ0n) is 6.36. The molecule has 0 unspecified atom stereocenters. The van der Waals surface area contributed by atoms with Crippen LogP contribution in [0.2, 0.25) is 0 Å². The first-order valence-corrected chi connectivity index (χ1v) is 3.96. The van der Waals surface area contributed by atoms with Crippen molar-refractivity contribution in [1.82, 2.24) is 4.57 Å². The van der Waals surface area contributed by atoms with Crippen LogP contribution in [0, 0.1) is 4.84 Å². The van der Waals surface area contributed by atoms with Gasteiger partial charge in [-0.05, 0) is 24.4 Å². The van der Waals surface area contributed by atoms with Crippen LogP contribution >= 0.6 is 12.2 Å². The van der Waals surface area contributed by atoms with E-state index in [9.17, 15) is 0 Å². The van der Waals surface area contributed by atoms with Gasteiger partial charge in [0.2, 0.25) is 0 Å². The molecule has 0 aliphatic carbocycles. The van der Waals surface area contributed by atoms with Crippen molar-refractivity contribution in [2.75, 3.05) is 0 Å². The molecule has 0 N–H and O–H groups in total. The zero-order valence-corrected chi connectivity index (χ0v) is 7.17. The maximum absolute atomic E-state index is 5.30. The molecule has 2 aromatic rings. The SMILES string of the molecule is C=Cn1c(=S)oc2ccccc21. The molecule has 0 aliphatic heterocycles. The fourth-order valence-corrected chi connectivity index (χ4v) is 1.42. The second-order valence-corrected chi connectivity index (χ2v) is 2.74. The van der Waals surface area contributed by atoms with Crippen molar-refractivity contribution in [2.24, 2.45) is 0 Å². The molecule has 0 saturated carbocycles. The third kappa shape index (κ3) is 0.905. The maximum atomic E-state index is 5.30. The summed E-state index contributed by atoms with van der Waals surface area (Å²) >= 11 is 4.98. The van der Waals surface area contributed by atoms with Gasteiger partial charge in [-0.2, -0.15) is 0 Å². The van der Waals surface area contributed by atoms with E-state index < -0.39 is 0 Å². The summed E-state index contributed by atoms with van der Waals surface area (Å²) in [5.74, 6) is 0. The molecule has 0 amide bonds. The summed E-state index contributed by atoms with van der Waals surface area (Å²) in [5.41, 5.74) is 1.75. The van der Waals surface area contributed by atoms with Crippen LogP contribution in [0.4, 0.5) is 0 Å². The Hall–Kier alpha value is -1.35. The largest absolute Gasteiger partial charge is 0.429 e. The number of aromatic nitrogens is 1. The Kier molecular flexibility index (Phi) is 1.59. The van der Waals surface area contributed by atoms with Crippen LogP contribution in [0.25, 0.3) is 17.3 Å². The highest BCUT2D eigenvalue weighted by molar-refractivity contribution is 7.71. The van der Waals surface area contributed by atoms with Gasteiger partial charge in [0, 0.05) is 6.20 Å². The van der Waals surface area contributed by atoms with Crippen molar-refractivity contribution in [3.05, 3.63) is 35.7 Å². The molecular weight excluding hydrogens is 170 g/mol. The Morgan fingerprint density at radius 2 is 2.17 bits per heavy atom. The summed E-state index contributed by atoms with van der Waals surface area (Å²) in [6, 6.07) is 7.67. The average molecular weight is 177 g/mol. The molecule has 12 heavy (non-hydrogen) atoms. The van der Waals surface area contributed by atoms with Gasteiger partial charge in [-0.15, -0.1) is 0 Å². The molecule has 0 saturated heterocycles. The topological polar surface area (TPSA) is 18.1 Å². The first-order valence-electron chi connectivity index (χ1n) is 3.55. The molecule has 1 aromatic carbocycles. The maximum Gasteiger partial charge on any atom is 0.273 e. The third-order valence-corrected chi connectivity index (χ3v) is 1.98. The normalized spacial score (nSPS) is 10.3. The summed E-state index contributed by atoms with van der Waals surface area (Å²) in [7, 11) is 0. The van der Waals surface area contributed by atoms with Gasteiger partial charge in [-0.25, -0.2) is 0 Å². The lowest BCUT2D eigenvalue weighted by atomic mass is 10.3. The minimum Gasteiger partial charge on any atom is -0.429 e. The average Bonchev–Trinajstić information content (AvgIpc) is 2.40. The molecule has 0 fully saturated rings. The standard InChI is InChI=1S/C9H7NOS/c1-2-10-7-5-3-4-6-8(7)11-9(10)12/h2-6H,1H2. The molecule has 1 heterocycles. The van der Waals surface area contributed by atoms with Crippen molar-refractivity contribution in [3.63, 3.8) is 0 Å². The van der Waals surface area contributed by atoms with Crippen LogP contribution in [0.5, 0.6) is 0 Å². The first-order chi connectivity index (χ1) is 5.83. The number of fused-ring (bicyclic) bond motifs is 1. The van der Waals surface area contributed by atoms with Gasteiger partial charge in [0.1, 0.15) is 0 Å². The van der Waals surface area contributed by atoms with Gasteiger partial charge in [0.25, 0.3) is 4.84 Å². The van der Waals surface area contributed by atoms with Crippen LogP contribution < -0.4 is 0 Å². The molecule has 0 bridgehead atoms. The Balaban J connectivity index is 3.00. The predicted octanol–water partition coefficient (Wildman–Crippen LogP) is 3.06. The quantitative estimate of drug-likeness (QED) is 0.623. The Bertz CT molecular complexity index is 480. The molecule has 1 aromatic heterocycles. The fraction of sp³-hybridized carbons (Fsp3) is 0. The second kappa shape index (κ2) is 2.60. The van der Waals surface area contributed by atoms with Gasteiger partial charge >= 0.3 is 0 Å². The first kappa shape index (κ1) is 7.31. The van der Waals surface area contributed by atoms with Crippen LogP contribution in [-0.4, -0.2) is 4.57 Å². The van der Waals surface area contributed by atoms with Crippen LogP contribution in [0.15, 0.2) is 35.3 Å². The lowest BCUT2D eigenvalue weighted by Gasteiger charge is -1.90. The molecular formula is C9H7NOS. The van der Waals surface area contributed by atoms with E-state index in [4.69, 9.17) is 16.6 Å². The number of hydrogen-bond acceptors (Lipinski definition) is 2. The molecule has 2 nitrogen and oxygen atoms in total. The van der Waals surface area contributed by atoms with E-state index in [0.29, 0.717) is 4.84 Å². The number of benzene rings is 1. The number of rotatable bonds is 1. The summed E-state index contributed by atoms with van der Waals surface area (Å²) in [6.45, 7) is 3.65. The summed E-state index contributed by atoms with van der Waals surface area (Å²) in [5, 5.41) is 0. The smallest absolute Gasteiger partial charge is 0.273 e. The Labute approximate surface area is 74.7 Å². The number of oxazole rings is 1. The highest BCUT2D eigenvalue weighted by Crippen LogP contribution is 2.16. The Morgan fingerprint density at radius 3 is 2.92 bits per heavy atom. The number of nitrogens with zero attached hydrogens (tertiary/aromatic N) is 1. The van der Waals surface area contributed by atoms with Gasteiger partial charge in [-0.1, -0.05) is 18.7 Å².